The van der Waals surface area contributed by atoms with Crippen molar-refractivity contribution in [3.05, 3.63) is 35.6 Å². The minimum Gasteiger partial charge on any atom is -0.353 e. The zero-order valence-electron chi connectivity index (χ0n) is 14.7. The van der Waals surface area contributed by atoms with Crippen molar-refractivity contribution in [1.82, 2.24) is 15.5 Å². The molecule has 0 bridgehead atoms. The number of hydrogen-bond donors (Lipinski definition) is 2. The second kappa shape index (κ2) is 9.01. The molecule has 4 nitrogen and oxygen atoms in total. The quantitative estimate of drug-likeness (QED) is 0.750. The summed E-state index contributed by atoms with van der Waals surface area (Å²) in [4.78, 5) is 13.8. The highest BCUT2D eigenvalue weighted by Gasteiger charge is 2.44. The Balaban J connectivity index is 0.00000338. The predicted molar refractivity (Wildman–Crippen MR) is 94.0 cm³/mol. The van der Waals surface area contributed by atoms with Crippen molar-refractivity contribution in [3.63, 3.8) is 0 Å². The molecule has 1 saturated heterocycles. The van der Waals surface area contributed by atoms with Gasteiger partial charge in [0.25, 0.3) is 0 Å². The van der Waals surface area contributed by atoms with Crippen LogP contribution in [0.25, 0.3) is 0 Å². The number of piperazine rings is 1. The topological polar surface area (TPSA) is 44.4 Å². The maximum atomic E-state index is 13.9. The van der Waals surface area contributed by atoms with E-state index in [1.807, 2.05) is 0 Å². The molecule has 0 spiro atoms. The van der Waals surface area contributed by atoms with Gasteiger partial charge in [-0.3, -0.25) is 9.69 Å². The van der Waals surface area contributed by atoms with E-state index in [0.717, 1.165) is 0 Å². The number of halogens is 5. The van der Waals surface area contributed by atoms with Crippen LogP contribution < -0.4 is 10.6 Å². The standard InChI is InChI=1S/C17H23F4N3O.ClH/c1-16(2,12-5-3-4-6-13(12)18)15(25)23-11-14(17(19,20)21)24-9-7-22-8-10-24;/h3-6,14,22H,7-11H2,1-2H3,(H,23,25);1H. The molecule has 0 saturated carbocycles. The van der Waals surface area contributed by atoms with Gasteiger partial charge in [-0.2, -0.15) is 13.2 Å². The van der Waals surface area contributed by atoms with Crippen molar-refractivity contribution in [2.45, 2.75) is 31.5 Å². The summed E-state index contributed by atoms with van der Waals surface area (Å²) in [6.07, 6.45) is -4.45. The third kappa shape index (κ3) is 5.31. The van der Waals surface area contributed by atoms with Crippen molar-refractivity contribution >= 4 is 18.3 Å². The summed E-state index contributed by atoms with van der Waals surface area (Å²) in [5.74, 6) is -1.20. The highest BCUT2D eigenvalue weighted by atomic mass is 35.5. The predicted octanol–water partition coefficient (Wildman–Crippen LogP) is 2.48. The summed E-state index contributed by atoms with van der Waals surface area (Å²) in [7, 11) is 0. The number of amides is 1. The number of carbonyl (C=O) groups is 1. The normalized spacial score (nSPS) is 17.3. The third-order valence-corrected chi connectivity index (χ3v) is 4.54. The zero-order valence-corrected chi connectivity index (χ0v) is 15.5. The van der Waals surface area contributed by atoms with Gasteiger partial charge in [-0.1, -0.05) is 18.2 Å². The maximum Gasteiger partial charge on any atom is 0.405 e. The highest BCUT2D eigenvalue weighted by Crippen LogP contribution is 2.27. The van der Waals surface area contributed by atoms with Crippen LogP contribution in [0, 0.1) is 5.82 Å². The summed E-state index contributed by atoms with van der Waals surface area (Å²) in [5, 5.41) is 5.36. The molecule has 0 aromatic heterocycles. The molecule has 1 aromatic rings. The van der Waals surface area contributed by atoms with Crippen LogP contribution in [0.4, 0.5) is 17.6 Å². The fourth-order valence-corrected chi connectivity index (χ4v) is 2.95. The van der Waals surface area contributed by atoms with Crippen LogP contribution in [-0.4, -0.2) is 55.7 Å². The van der Waals surface area contributed by atoms with Gasteiger partial charge in [-0.15, -0.1) is 12.4 Å². The second-order valence-electron chi connectivity index (χ2n) is 6.66. The van der Waals surface area contributed by atoms with Crippen LogP contribution in [0.1, 0.15) is 19.4 Å². The Hall–Kier alpha value is -1.38. The molecule has 26 heavy (non-hydrogen) atoms. The van der Waals surface area contributed by atoms with E-state index in [0.29, 0.717) is 13.1 Å². The first kappa shape index (κ1) is 22.7. The number of nitrogens with one attached hydrogen (secondary N) is 2. The summed E-state index contributed by atoms with van der Waals surface area (Å²) < 4.78 is 54.0. The molecule has 148 valence electrons. The van der Waals surface area contributed by atoms with Gasteiger partial charge in [-0.25, -0.2) is 4.39 Å². The van der Waals surface area contributed by atoms with Gasteiger partial charge >= 0.3 is 6.18 Å². The minimum absolute atomic E-state index is 0. The van der Waals surface area contributed by atoms with Gasteiger partial charge in [0, 0.05) is 38.3 Å². The van der Waals surface area contributed by atoms with E-state index in [9.17, 15) is 22.4 Å². The average Bonchev–Trinajstić information content (AvgIpc) is 2.54. The summed E-state index contributed by atoms with van der Waals surface area (Å²) in [5.41, 5.74) is -1.12. The minimum atomic E-state index is -4.45. The fraction of sp³-hybridized carbons (Fsp3) is 0.588. The Morgan fingerprint density at radius 1 is 1.23 bits per heavy atom. The lowest BCUT2D eigenvalue weighted by molar-refractivity contribution is -0.184. The molecule has 1 atom stereocenters. The first-order valence-corrected chi connectivity index (χ1v) is 8.19. The number of carbonyl (C=O) groups excluding carboxylic acids is 1. The molecular weight excluding hydrogens is 374 g/mol. The van der Waals surface area contributed by atoms with E-state index in [-0.39, 0.29) is 31.1 Å². The Labute approximate surface area is 156 Å². The second-order valence-corrected chi connectivity index (χ2v) is 6.66. The largest absolute Gasteiger partial charge is 0.405 e. The van der Waals surface area contributed by atoms with Gasteiger partial charge < -0.3 is 10.6 Å². The molecule has 0 aliphatic carbocycles. The van der Waals surface area contributed by atoms with Crippen molar-refractivity contribution in [3.8, 4) is 0 Å². The fourth-order valence-electron chi connectivity index (χ4n) is 2.95. The van der Waals surface area contributed by atoms with E-state index in [1.54, 1.807) is 6.07 Å². The lowest BCUT2D eigenvalue weighted by Crippen LogP contribution is -2.58. The third-order valence-electron chi connectivity index (χ3n) is 4.54. The number of hydrogen-bond acceptors (Lipinski definition) is 3. The van der Waals surface area contributed by atoms with Gasteiger partial charge in [-0.05, 0) is 19.9 Å². The smallest absolute Gasteiger partial charge is 0.353 e. The Bertz CT molecular complexity index is 604. The molecule has 2 N–H and O–H groups in total. The van der Waals surface area contributed by atoms with E-state index in [1.165, 1.54) is 36.9 Å². The van der Waals surface area contributed by atoms with Crippen molar-refractivity contribution in [1.29, 1.82) is 0 Å². The number of rotatable bonds is 5. The molecule has 9 heteroatoms. The van der Waals surface area contributed by atoms with Gasteiger partial charge in [0.1, 0.15) is 11.9 Å². The Morgan fingerprint density at radius 2 is 1.81 bits per heavy atom. The first-order valence-electron chi connectivity index (χ1n) is 8.19. The Kier molecular flexibility index (Phi) is 7.85. The summed E-state index contributed by atoms with van der Waals surface area (Å²) >= 11 is 0. The van der Waals surface area contributed by atoms with E-state index in [4.69, 9.17) is 0 Å². The van der Waals surface area contributed by atoms with Gasteiger partial charge in [0.05, 0.1) is 5.41 Å². The van der Waals surface area contributed by atoms with Crippen LogP contribution in [0.3, 0.4) is 0 Å². The Morgan fingerprint density at radius 3 is 2.35 bits per heavy atom. The van der Waals surface area contributed by atoms with Crippen LogP contribution in [0.15, 0.2) is 24.3 Å². The lowest BCUT2D eigenvalue weighted by Gasteiger charge is -2.36. The molecule has 1 aromatic carbocycles. The first-order chi connectivity index (χ1) is 11.6. The monoisotopic (exact) mass is 397 g/mol. The lowest BCUT2D eigenvalue weighted by atomic mass is 9.83. The van der Waals surface area contributed by atoms with E-state index < -0.39 is 35.9 Å². The van der Waals surface area contributed by atoms with Crippen LogP contribution in [0.2, 0.25) is 0 Å². The molecule has 1 aliphatic heterocycles. The molecule has 1 unspecified atom stereocenters. The van der Waals surface area contributed by atoms with Crippen molar-refractivity contribution < 1.29 is 22.4 Å². The van der Waals surface area contributed by atoms with Crippen molar-refractivity contribution in [2.24, 2.45) is 0 Å². The van der Waals surface area contributed by atoms with E-state index in [2.05, 4.69) is 10.6 Å². The molecule has 1 amide bonds. The van der Waals surface area contributed by atoms with Crippen LogP contribution >= 0.6 is 12.4 Å². The molecule has 2 rings (SSSR count). The van der Waals surface area contributed by atoms with E-state index >= 15 is 0 Å². The number of benzene rings is 1. The molecular formula is C17H24ClF4N3O. The van der Waals surface area contributed by atoms with Crippen LogP contribution in [0.5, 0.6) is 0 Å². The summed E-state index contributed by atoms with van der Waals surface area (Å²) in [6, 6.07) is 4.02. The molecule has 1 fully saturated rings. The molecule has 1 heterocycles. The SMILES string of the molecule is CC(C)(C(=O)NCC(N1CCNCC1)C(F)(F)F)c1ccccc1F.Cl. The number of nitrogens with zero attached hydrogens (tertiary/aromatic N) is 1. The average molecular weight is 398 g/mol. The number of alkyl halides is 3. The van der Waals surface area contributed by atoms with Gasteiger partial charge in [0.2, 0.25) is 5.91 Å². The molecule has 0 radical (unpaired) electrons. The van der Waals surface area contributed by atoms with Crippen molar-refractivity contribution in [2.75, 3.05) is 32.7 Å². The van der Waals surface area contributed by atoms with Gasteiger partial charge in [0.15, 0.2) is 0 Å². The molecule has 1 aliphatic rings. The highest BCUT2D eigenvalue weighted by molar-refractivity contribution is 5.87. The zero-order chi connectivity index (χ0) is 18.7. The maximum absolute atomic E-state index is 13.9. The van der Waals surface area contributed by atoms with Crippen LogP contribution in [-0.2, 0) is 10.2 Å². The summed E-state index contributed by atoms with van der Waals surface area (Å²) in [6.45, 7) is 3.90.